The van der Waals surface area contributed by atoms with Gasteiger partial charge in [0.2, 0.25) is 0 Å². The largest absolute Gasteiger partial charge is 0.481 e. The van der Waals surface area contributed by atoms with E-state index in [9.17, 15) is 14.4 Å². The summed E-state index contributed by atoms with van der Waals surface area (Å²) in [7, 11) is 0. The van der Waals surface area contributed by atoms with Gasteiger partial charge < -0.3 is 14.6 Å². The summed E-state index contributed by atoms with van der Waals surface area (Å²) in [6.45, 7) is 1.56. The third-order valence-electron chi connectivity index (χ3n) is 2.01. The molecule has 0 aromatic carbocycles. The number of aliphatic carboxylic acids is 1. The Labute approximate surface area is 118 Å². The lowest BCUT2D eigenvalue weighted by Gasteiger charge is -2.23. The maximum absolute atomic E-state index is 11.2. The van der Waals surface area contributed by atoms with E-state index >= 15 is 0 Å². The van der Waals surface area contributed by atoms with E-state index < -0.39 is 36.5 Å². The van der Waals surface area contributed by atoms with E-state index in [1.807, 2.05) is 0 Å². The lowest BCUT2D eigenvalue weighted by Crippen LogP contribution is -2.36. The van der Waals surface area contributed by atoms with Crippen molar-refractivity contribution >= 4 is 29.5 Å². The van der Waals surface area contributed by atoms with Gasteiger partial charge in [-0.05, 0) is 5.53 Å². The number of esters is 2. The molecule has 1 N–H and O–H groups in total. The van der Waals surface area contributed by atoms with Crippen LogP contribution in [0.15, 0.2) is 16.3 Å². The molecule has 0 heterocycles. The number of rotatable bonds is 7. The topological polar surface area (TPSA) is 139 Å². The summed E-state index contributed by atoms with van der Waals surface area (Å²) < 4.78 is 9.37. The minimum absolute atomic E-state index is 0.316. The average Bonchev–Trinajstić information content (AvgIpc) is 2.33. The van der Waals surface area contributed by atoms with E-state index in [-0.39, 0.29) is 5.70 Å². The highest BCUT2D eigenvalue weighted by molar-refractivity contribution is 6.25. The Bertz CT molecular complexity index is 472. The molecule has 0 aliphatic heterocycles. The van der Waals surface area contributed by atoms with E-state index in [1.54, 1.807) is 0 Å². The monoisotopic (exact) mass is 305 g/mol. The first-order valence-electron chi connectivity index (χ1n) is 5.22. The molecule has 0 unspecified atom stereocenters. The minimum Gasteiger partial charge on any atom is -0.481 e. The number of carbonyl (C=O) groups excluding carboxylic acids is 2. The minimum atomic E-state index is -1.47. The van der Waals surface area contributed by atoms with Gasteiger partial charge in [-0.1, -0.05) is 16.7 Å². The molecule has 0 amide bonds. The highest BCUT2D eigenvalue weighted by atomic mass is 35.5. The molecule has 110 valence electrons. The van der Waals surface area contributed by atoms with Crippen LogP contribution in [0.5, 0.6) is 0 Å². The summed E-state index contributed by atoms with van der Waals surface area (Å²) in [5.41, 5.74) is 8.85. The molecule has 0 aliphatic carbocycles. The van der Waals surface area contributed by atoms with Gasteiger partial charge in [0, 0.05) is 24.3 Å². The number of hydrogen-bond acceptors (Lipinski definition) is 6. The summed E-state index contributed by atoms with van der Waals surface area (Å²) >= 11 is 5.42. The number of nitrogens with zero attached hydrogens (tertiary/aromatic N) is 3. The Balaban J connectivity index is 5.40. The molecule has 9 nitrogen and oxygen atoms in total. The second-order valence-electron chi connectivity index (χ2n) is 3.50. The molecule has 0 bridgehead atoms. The van der Waals surface area contributed by atoms with Crippen molar-refractivity contribution in [1.29, 1.82) is 0 Å². The molecule has 0 aromatic heterocycles. The van der Waals surface area contributed by atoms with Crippen molar-refractivity contribution in [2.24, 2.45) is 11.0 Å². The summed E-state index contributed by atoms with van der Waals surface area (Å²) in [6, 6.07) is 0. The van der Waals surface area contributed by atoms with Gasteiger partial charge in [0.15, 0.2) is 0 Å². The molecule has 0 saturated heterocycles. The maximum atomic E-state index is 11.2. The molecule has 2 atom stereocenters. The van der Waals surface area contributed by atoms with Crippen LogP contribution in [0.3, 0.4) is 0 Å². The zero-order chi connectivity index (χ0) is 15.7. The van der Waals surface area contributed by atoms with Crippen LogP contribution < -0.4 is 0 Å². The Kier molecular flexibility index (Phi) is 7.80. The Morgan fingerprint density at radius 3 is 2.35 bits per heavy atom. The number of halogens is 1. The van der Waals surface area contributed by atoms with Crippen LogP contribution in [0.1, 0.15) is 13.8 Å². The second-order valence-corrected chi connectivity index (χ2v) is 3.72. The van der Waals surface area contributed by atoms with Gasteiger partial charge in [0.05, 0.1) is 5.70 Å². The van der Waals surface area contributed by atoms with Crippen molar-refractivity contribution in [2.45, 2.75) is 20.0 Å². The lowest BCUT2D eigenvalue weighted by atomic mass is 10.0. The molecule has 10 heteroatoms. The summed E-state index contributed by atoms with van der Waals surface area (Å²) in [5, 5.41) is 12.2. The fraction of sp³-hybridized carbons (Fsp3) is 0.500. The van der Waals surface area contributed by atoms with Gasteiger partial charge in [-0.3, -0.25) is 14.4 Å². The van der Waals surface area contributed by atoms with Gasteiger partial charge in [0.25, 0.3) is 0 Å². The molecule has 0 spiro atoms. The second kappa shape index (κ2) is 8.78. The predicted molar refractivity (Wildman–Crippen MR) is 66.4 cm³/mol. The third-order valence-corrected chi connectivity index (χ3v) is 2.23. The van der Waals surface area contributed by atoms with E-state index in [2.05, 4.69) is 14.8 Å². The SMILES string of the molecule is CC(=O)OC[C@@H](C(=O)O)[C@@H](OC(C)=O)/C(=C\Cl)N=[N+]=[N-]. The van der Waals surface area contributed by atoms with Crippen LogP contribution in [0.4, 0.5) is 0 Å². The number of azide groups is 1. The van der Waals surface area contributed by atoms with Crippen molar-refractivity contribution in [1.82, 2.24) is 0 Å². The average molecular weight is 306 g/mol. The quantitative estimate of drug-likeness (QED) is 0.328. The standard InChI is InChI=1S/C10H12ClN3O6/c1-5(15)19-4-7(10(17)18)9(20-6(2)16)8(3-11)13-14-12/h3,7,9H,4H2,1-2H3,(H,17,18)/b8-3+/t7-,9-/m1/s1. The van der Waals surface area contributed by atoms with Crippen LogP contribution in [0, 0.1) is 5.92 Å². The number of ether oxygens (including phenoxy) is 2. The van der Waals surface area contributed by atoms with Gasteiger partial charge in [0.1, 0.15) is 18.6 Å². The smallest absolute Gasteiger partial charge is 0.314 e. The van der Waals surface area contributed by atoms with Crippen LogP contribution in [-0.4, -0.2) is 35.7 Å². The van der Waals surface area contributed by atoms with Crippen LogP contribution >= 0.6 is 11.6 Å². The van der Waals surface area contributed by atoms with Crippen molar-refractivity contribution in [3.8, 4) is 0 Å². The summed E-state index contributed by atoms with van der Waals surface area (Å²) in [6.07, 6.45) is -1.47. The molecule has 0 aliphatic rings. The van der Waals surface area contributed by atoms with Crippen molar-refractivity contribution in [3.63, 3.8) is 0 Å². The molecule has 0 rings (SSSR count). The fourth-order valence-electron chi connectivity index (χ4n) is 1.22. The van der Waals surface area contributed by atoms with Gasteiger partial charge in [-0.25, -0.2) is 0 Å². The molecule has 0 aromatic rings. The molecular weight excluding hydrogens is 294 g/mol. The predicted octanol–water partition coefficient (Wildman–Crippen LogP) is 1.57. The van der Waals surface area contributed by atoms with Crippen LogP contribution in [0.2, 0.25) is 0 Å². The van der Waals surface area contributed by atoms with Crippen LogP contribution in [0.25, 0.3) is 10.4 Å². The first kappa shape index (κ1) is 17.8. The first-order valence-corrected chi connectivity index (χ1v) is 5.65. The van der Waals surface area contributed by atoms with Crippen molar-refractivity contribution < 1.29 is 29.0 Å². The number of carboxylic acids is 1. The first-order chi connectivity index (χ1) is 9.33. The van der Waals surface area contributed by atoms with Gasteiger partial charge >= 0.3 is 17.9 Å². The molecule has 0 radical (unpaired) electrons. The zero-order valence-corrected chi connectivity index (χ0v) is 11.4. The summed E-state index contributed by atoms with van der Waals surface area (Å²) in [5.74, 6) is -4.40. The lowest BCUT2D eigenvalue weighted by molar-refractivity contribution is -0.159. The Hall–Kier alpha value is -2.25. The molecular formula is C10H12ClN3O6. The maximum Gasteiger partial charge on any atom is 0.314 e. The number of carboxylic acid groups (broad SMARTS) is 1. The van der Waals surface area contributed by atoms with Gasteiger partial charge in [-0.2, -0.15) is 0 Å². The highest BCUT2D eigenvalue weighted by Gasteiger charge is 2.34. The highest BCUT2D eigenvalue weighted by Crippen LogP contribution is 2.21. The molecule has 0 fully saturated rings. The van der Waals surface area contributed by atoms with E-state index in [0.717, 1.165) is 19.4 Å². The Morgan fingerprint density at radius 2 is 2.00 bits per heavy atom. The normalized spacial score (nSPS) is 13.7. The van der Waals surface area contributed by atoms with Crippen LogP contribution in [-0.2, 0) is 23.9 Å². The zero-order valence-electron chi connectivity index (χ0n) is 10.6. The van der Waals surface area contributed by atoms with Crippen molar-refractivity contribution in [2.75, 3.05) is 6.61 Å². The van der Waals surface area contributed by atoms with E-state index in [4.69, 9.17) is 27.0 Å². The number of carbonyl (C=O) groups is 3. The molecule has 20 heavy (non-hydrogen) atoms. The van der Waals surface area contributed by atoms with E-state index in [1.165, 1.54) is 0 Å². The van der Waals surface area contributed by atoms with E-state index in [0.29, 0.717) is 0 Å². The number of hydrogen-bond donors (Lipinski definition) is 1. The summed E-state index contributed by atoms with van der Waals surface area (Å²) in [4.78, 5) is 35.4. The third kappa shape index (κ3) is 6.07. The van der Waals surface area contributed by atoms with Gasteiger partial charge in [-0.15, -0.1) is 0 Å². The Morgan fingerprint density at radius 1 is 1.40 bits per heavy atom. The molecule has 0 saturated carbocycles. The fourth-order valence-corrected chi connectivity index (χ4v) is 1.38. The van der Waals surface area contributed by atoms with Crippen molar-refractivity contribution in [3.05, 3.63) is 21.7 Å².